The summed E-state index contributed by atoms with van der Waals surface area (Å²) >= 11 is 0. The van der Waals surface area contributed by atoms with E-state index < -0.39 is 17.1 Å². The standard InChI is InChI=1S/C17H26N2O3S/c1-17(2,3)23(22)18-15-7-5-4-6-14(15)12-13-8-10-19(11-9-13)16(20)21/h4-7,13,18H,8-12H2,1-3H3,(H,20,21). The molecule has 0 aromatic heterocycles. The number of rotatable bonds is 4. The molecular formula is C17H26N2O3S. The number of benzene rings is 1. The largest absolute Gasteiger partial charge is 0.465 e. The van der Waals surface area contributed by atoms with Crippen molar-refractivity contribution >= 4 is 22.8 Å². The van der Waals surface area contributed by atoms with E-state index in [1.165, 1.54) is 4.90 Å². The van der Waals surface area contributed by atoms with E-state index in [4.69, 9.17) is 5.11 Å². The van der Waals surface area contributed by atoms with Crippen molar-refractivity contribution in [3.05, 3.63) is 29.8 Å². The van der Waals surface area contributed by atoms with Gasteiger partial charge in [0.2, 0.25) is 0 Å². The Bertz CT molecular complexity index is 575. The maximum Gasteiger partial charge on any atom is 0.407 e. The summed E-state index contributed by atoms with van der Waals surface area (Å²) in [6.07, 6.45) is 1.82. The van der Waals surface area contributed by atoms with Crippen LogP contribution in [-0.2, 0) is 17.4 Å². The summed E-state index contributed by atoms with van der Waals surface area (Å²) in [6, 6.07) is 7.96. The third kappa shape index (κ3) is 4.96. The van der Waals surface area contributed by atoms with Crippen molar-refractivity contribution in [2.45, 2.75) is 44.8 Å². The number of nitrogens with zero attached hydrogens (tertiary/aromatic N) is 1. The van der Waals surface area contributed by atoms with Gasteiger partial charge in [-0.05, 0) is 57.6 Å². The molecule has 2 rings (SSSR count). The van der Waals surface area contributed by atoms with Crippen LogP contribution < -0.4 is 4.72 Å². The Balaban J connectivity index is 2.01. The molecule has 128 valence electrons. The van der Waals surface area contributed by atoms with Crippen LogP contribution >= 0.6 is 0 Å². The van der Waals surface area contributed by atoms with Crippen LogP contribution in [0.1, 0.15) is 39.2 Å². The van der Waals surface area contributed by atoms with Crippen molar-refractivity contribution in [1.82, 2.24) is 4.90 Å². The van der Waals surface area contributed by atoms with Gasteiger partial charge in [-0.25, -0.2) is 9.00 Å². The Kier molecular flexibility index (Phi) is 5.68. The fourth-order valence-electron chi connectivity index (χ4n) is 2.69. The molecule has 5 nitrogen and oxygen atoms in total. The summed E-state index contributed by atoms with van der Waals surface area (Å²) in [5.74, 6) is 0.469. The molecule has 6 heteroatoms. The number of nitrogens with one attached hydrogen (secondary N) is 1. The van der Waals surface area contributed by atoms with Gasteiger partial charge >= 0.3 is 6.09 Å². The number of hydrogen-bond acceptors (Lipinski definition) is 2. The van der Waals surface area contributed by atoms with E-state index in [0.717, 1.165) is 30.5 Å². The Hall–Kier alpha value is -1.56. The van der Waals surface area contributed by atoms with E-state index in [1.54, 1.807) is 0 Å². The molecule has 1 atom stereocenters. The average Bonchev–Trinajstić information content (AvgIpc) is 2.48. The van der Waals surface area contributed by atoms with Crippen molar-refractivity contribution in [2.24, 2.45) is 5.92 Å². The van der Waals surface area contributed by atoms with Crippen LogP contribution in [0.4, 0.5) is 10.5 Å². The quantitative estimate of drug-likeness (QED) is 0.883. The van der Waals surface area contributed by atoms with Gasteiger partial charge < -0.3 is 14.7 Å². The van der Waals surface area contributed by atoms with Crippen LogP contribution in [0.15, 0.2) is 24.3 Å². The molecule has 1 aromatic rings. The molecule has 1 aliphatic rings. The molecule has 0 bridgehead atoms. The Morgan fingerprint density at radius 2 is 1.91 bits per heavy atom. The molecule has 1 aliphatic heterocycles. The molecule has 0 radical (unpaired) electrons. The van der Waals surface area contributed by atoms with Crippen molar-refractivity contribution in [3.63, 3.8) is 0 Å². The number of anilines is 1. The van der Waals surface area contributed by atoms with Crippen molar-refractivity contribution in [1.29, 1.82) is 0 Å². The van der Waals surface area contributed by atoms with E-state index in [2.05, 4.69) is 10.8 Å². The highest BCUT2D eigenvalue weighted by atomic mass is 32.2. The highest BCUT2D eigenvalue weighted by molar-refractivity contribution is 7.87. The first-order valence-electron chi connectivity index (χ1n) is 8.01. The molecule has 1 amide bonds. The van der Waals surface area contributed by atoms with Gasteiger partial charge in [-0.3, -0.25) is 0 Å². The lowest BCUT2D eigenvalue weighted by Gasteiger charge is -2.30. The van der Waals surface area contributed by atoms with E-state index >= 15 is 0 Å². The lowest BCUT2D eigenvalue weighted by atomic mass is 9.90. The second kappa shape index (κ2) is 7.34. The van der Waals surface area contributed by atoms with Crippen LogP contribution in [0.2, 0.25) is 0 Å². The number of likely N-dealkylation sites (tertiary alicyclic amines) is 1. The van der Waals surface area contributed by atoms with Gasteiger partial charge in [-0.1, -0.05) is 18.2 Å². The molecule has 0 aliphatic carbocycles. The predicted octanol–water partition coefficient (Wildman–Crippen LogP) is 3.49. The molecule has 23 heavy (non-hydrogen) atoms. The zero-order chi connectivity index (χ0) is 17.0. The molecule has 2 N–H and O–H groups in total. The number of carboxylic acid groups (broad SMARTS) is 1. The first-order chi connectivity index (χ1) is 10.8. The highest BCUT2D eigenvalue weighted by Gasteiger charge is 2.24. The summed E-state index contributed by atoms with van der Waals surface area (Å²) in [6.45, 7) is 7.04. The lowest BCUT2D eigenvalue weighted by molar-refractivity contribution is 0.124. The summed E-state index contributed by atoms with van der Waals surface area (Å²) < 4.78 is 15.1. The molecule has 1 unspecified atom stereocenters. The first kappa shape index (κ1) is 17.8. The van der Waals surface area contributed by atoms with Crippen molar-refractivity contribution < 1.29 is 14.1 Å². The van der Waals surface area contributed by atoms with Crippen LogP contribution in [0.25, 0.3) is 0 Å². The first-order valence-corrected chi connectivity index (χ1v) is 9.16. The topological polar surface area (TPSA) is 69.6 Å². The second-order valence-corrected chi connectivity index (χ2v) is 9.02. The SMILES string of the molecule is CC(C)(C)S(=O)Nc1ccccc1CC1CCN(C(=O)O)CC1. The number of carbonyl (C=O) groups is 1. The monoisotopic (exact) mass is 338 g/mol. The Labute approximate surface area is 140 Å². The molecular weight excluding hydrogens is 312 g/mol. The zero-order valence-corrected chi connectivity index (χ0v) is 14.9. The predicted molar refractivity (Wildman–Crippen MR) is 94.0 cm³/mol. The second-order valence-electron chi connectivity index (χ2n) is 7.06. The molecule has 1 saturated heterocycles. The average molecular weight is 338 g/mol. The lowest BCUT2D eigenvalue weighted by Crippen LogP contribution is -2.38. The number of piperidine rings is 1. The minimum absolute atomic E-state index is 0.320. The van der Waals surface area contributed by atoms with Gasteiger partial charge in [0, 0.05) is 18.8 Å². The van der Waals surface area contributed by atoms with E-state index in [0.29, 0.717) is 19.0 Å². The minimum Gasteiger partial charge on any atom is -0.465 e. The van der Waals surface area contributed by atoms with Crippen LogP contribution in [-0.4, -0.2) is 38.1 Å². The van der Waals surface area contributed by atoms with Gasteiger partial charge in [0.05, 0.1) is 4.75 Å². The van der Waals surface area contributed by atoms with Crippen LogP contribution in [0, 0.1) is 5.92 Å². The van der Waals surface area contributed by atoms with Gasteiger partial charge in [0.1, 0.15) is 11.0 Å². The van der Waals surface area contributed by atoms with Gasteiger partial charge in [-0.15, -0.1) is 0 Å². The molecule has 1 fully saturated rings. The smallest absolute Gasteiger partial charge is 0.407 e. The third-order valence-electron chi connectivity index (χ3n) is 4.17. The summed E-state index contributed by atoms with van der Waals surface area (Å²) in [5, 5.41) is 9.02. The van der Waals surface area contributed by atoms with Crippen LogP contribution in [0.5, 0.6) is 0 Å². The number of hydrogen-bond donors (Lipinski definition) is 2. The number of para-hydroxylation sites is 1. The van der Waals surface area contributed by atoms with E-state index in [9.17, 15) is 9.00 Å². The normalized spacial score (nSPS) is 17.8. The zero-order valence-electron chi connectivity index (χ0n) is 14.0. The number of amides is 1. The van der Waals surface area contributed by atoms with Crippen molar-refractivity contribution in [3.8, 4) is 0 Å². The third-order valence-corrected chi connectivity index (χ3v) is 5.69. The summed E-state index contributed by atoms with van der Waals surface area (Å²) in [5.41, 5.74) is 2.07. The molecule has 1 aromatic carbocycles. The van der Waals surface area contributed by atoms with Gasteiger partial charge in [0.25, 0.3) is 0 Å². The van der Waals surface area contributed by atoms with E-state index in [1.807, 2.05) is 39.0 Å². The van der Waals surface area contributed by atoms with Crippen molar-refractivity contribution in [2.75, 3.05) is 17.8 Å². The highest BCUT2D eigenvalue weighted by Crippen LogP contribution is 2.27. The Morgan fingerprint density at radius 3 is 2.48 bits per heavy atom. The van der Waals surface area contributed by atoms with Crippen LogP contribution in [0.3, 0.4) is 0 Å². The van der Waals surface area contributed by atoms with E-state index in [-0.39, 0.29) is 4.75 Å². The molecule has 0 spiro atoms. The molecule has 1 heterocycles. The van der Waals surface area contributed by atoms with Gasteiger partial charge in [-0.2, -0.15) is 0 Å². The van der Waals surface area contributed by atoms with Gasteiger partial charge in [0.15, 0.2) is 0 Å². The Morgan fingerprint density at radius 1 is 1.30 bits per heavy atom. The fourth-order valence-corrected chi connectivity index (χ4v) is 3.40. The fraction of sp³-hybridized carbons (Fsp3) is 0.588. The maximum atomic E-state index is 12.3. The molecule has 0 saturated carbocycles. The summed E-state index contributed by atoms with van der Waals surface area (Å²) in [4.78, 5) is 12.5. The summed E-state index contributed by atoms with van der Waals surface area (Å²) in [7, 11) is -1.15. The minimum atomic E-state index is -1.15. The maximum absolute atomic E-state index is 12.3.